The van der Waals surface area contributed by atoms with Gasteiger partial charge in [0.15, 0.2) is 0 Å². The predicted molar refractivity (Wildman–Crippen MR) is 85.3 cm³/mol. The average molecular weight is 281 g/mol. The van der Waals surface area contributed by atoms with E-state index in [1.165, 1.54) is 6.26 Å². The van der Waals surface area contributed by atoms with Crippen LogP contribution < -0.4 is 10.1 Å². The van der Waals surface area contributed by atoms with Crippen LogP contribution in [0.3, 0.4) is 0 Å². The number of nitrogens with one attached hydrogen (secondary N) is 1. The molecule has 21 heavy (non-hydrogen) atoms. The van der Waals surface area contributed by atoms with Crippen molar-refractivity contribution in [1.82, 2.24) is 0 Å². The average Bonchev–Trinajstić information content (AvgIpc) is 2.51. The largest absolute Gasteiger partial charge is 0.465 e. The smallest absolute Gasteiger partial charge is 0.254 e. The number of ether oxygens (including phenoxy) is 1. The van der Waals surface area contributed by atoms with Crippen molar-refractivity contribution in [2.24, 2.45) is 0 Å². The Balaban J connectivity index is 2.02. The molecule has 0 aliphatic carbocycles. The number of amides is 1. The molecule has 0 saturated heterocycles. The van der Waals surface area contributed by atoms with Crippen molar-refractivity contribution in [3.05, 3.63) is 72.0 Å². The maximum Gasteiger partial charge on any atom is 0.254 e. The Morgan fingerprint density at radius 1 is 1.10 bits per heavy atom. The number of para-hydroxylation sites is 1. The molecule has 2 rings (SSSR count). The van der Waals surface area contributed by atoms with Gasteiger partial charge in [0.25, 0.3) is 5.91 Å². The highest BCUT2D eigenvalue weighted by atomic mass is 16.5. The maximum absolute atomic E-state index is 12.2. The van der Waals surface area contributed by atoms with Crippen LogP contribution in [0, 0.1) is 6.92 Å². The zero-order valence-electron chi connectivity index (χ0n) is 12.3. The highest BCUT2D eigenvalue weighted by Gasteiger charge is 2.08. The summed E-state index contributed by atoms with van der Waals surface area (Å²) in [5.41, 5.74) is 2.54. The van der Waals surface area contributed by atoms with Crippen LogP contribution in [0.1, 0.15) is 18.9 Å². The zero-order valence-corrected chi connectivity index (χ0v) is 12.3. The normalized spacial score (nSPS) is 11.0. The maximum atomic E-state index is 12.2. The Morgan fingerprint density at radius 3 is 2.38 bits per heavy atom. The second-order valence-electron chi connectivity index (χ2n) is 4.75. The Labute approximate surface area is 125 Å². The molecule has 2 aromatic rings. The first kappa shape index (κ1) is 14.9. The Bertz CT molecular complexity index is 615. The number of benzene rings is 2. The molecule has 0 aromatic heterocycles. The van der Waals surface area contributed by atoms with Crippen LogP contribution in [0.15, 0.2) is 66.4 Å². The van der Waals surface area contributed by atoms with Crippen LogP contribution in [0.2, 0.25) is 0 Å². The number of aryl methyl sites for hydroxylation is 1. The lowest BCUT2D eigenvalue weighted by atomic mass is 10.2. The van der Waals surface area contributed by atoms with Crippen LogP contribution in [-0.4, -0.2) is 5.91 Å². The van der Waals surface area contributed by atoms with Gasteiger partial charge in [-0.2, -0.15) is 0 Å². The van der Waals surface area contributed by atoms with E-state index in [1.54, 1.807) is 0 Å². The van der Waals surface area contributed by atoms with Gasteiger partial charge >= 0.3 is 0 Å². The molecule has 3 nitrogen and oxygen atoms in total. The van der Waals surface area contributed by atoms with E-state index in [-0.39, 0.29) is 5.91 Å². The van der Waals surface area contributed by atoms with Gasteiger partial charge in [-0.25, -0.2) is 0 Å². The molecule has 0 aliphatic rings. The Morgan fingerprint density at radius 2 is 1.76 bits per heavy atom. The summed E-state index contributed by atoms with van der Waals surface area (Å²) in [5.74, 6) is 0.573. The van der Waals surface area contributed by atoms with E-state index in [2.05, 4.69) is 5.32 Å². The van der Waals surface area contributed by atoms with E-state index < -0.39 is 0 Å². The van der Waals surface area contributed by atoms with E-state index >= 15 is 0 Å². The van der Waals surface area contributed by atoms with Crippen LogP contribution in [0.5, 0.6) is 5.75 Å². The summed E-state index contributed by atoms with van der Waals surface area (Å²) < 4.78 is 5.51. The van der Waals surface area contributed by atoms with Gasteiger partial charge in [-0.05, 0) is 37.6 Å². The number of hydrogen-bond donors (Lipinski definition) is 1. The van der Waals surface area contributed by atoms with Gasteiger partial charge in [-0.1, -0.05) is 42.8 Å². The third-order valence-electron chi connectivity index (χ3n) is 3.06. The van der Waals surface area contributed by atoms with Gasteiger partial charge in [-0.15, -0.1) is 0 Å². The molecule has 0 fully saturated rings. The molecule has 0 spiro atoms. The molecule has 0 unspecified atom stereocenters. The molecule has 1 amide bonds. The van der Waals surface area contributed by atoms with Crippen molar-refractivity contribution in [1.29, 1.82) is 0 Å². The van der Waals surface area contributed by atoms with Gasteiger partial charge in [0.05, 0.1) is 11.8 Å². The van der Waals surface area contributed by atoms with Gasteiger partial charge < -0.3 is 10.1 Å². The molecule has 2 aromatic carbocycles. The summed E-state index contributed by atoms with van der Waals surface area (Å²) >= 11 is 0. The van der Waals surface area contributed by atoms with E-state index in [0.717, 1.165) is 11.3 Å². The number of carbonyl (C=O) groups excluding carboxylic acids is 1. The first-order chi connectivity index (χ1) is 10.2. The molecule has 0 saturated carbocycles. The standard InChI is InChI=1S/C18H19NO2/c1-3-15(13-21-17-7-5-4-6-8-17)18(20)19-16-11-9-14(2)10-12-16/h4-13H,3H2,1-2H3,(H,19,20). The second-order valence-corrected chi connectivity index (χ2v) is 4.75. The first-order valence-electron chi connectivity index (χ1n) is 6.98. The predicted octanol–water partition coefficient (Wildman–Crippen LogP) is 4.31. The minimum absolute atomic E-state index is 0.141. The van der Waals surface area contributed by atoms with Gasteiger partial charge in [0.1, 0.15) is 5.75 Å². The highest BCUT2D eigenvalue weighted by Crippen LogP contribution is 2.14. The van der Waals surface area contributed by atoms with Crippen LogP contribution in [0.25, 0.3) is 0 Å². The molecule has 1 N–H and O–H groups in total. The minimum atomic E-state index is -0.141. The molecule has 0 atom stereocenters. The SMILES string of the molecule is CCC(=COc1ccccc1)C(=O)Nc1ccc(C)cc1. The topological polar surface area (TPSA) is 38.3 Å². The number of carbonyl (C=O) groups is 1. The number of anilines is 1. The number of rotatable bonds is 5. The quantitative estimate of drug-likeness (QED) is 0.655. The summed E-state index contributed by atoms with van der Waals surface area (Å²) in [6.45, 7) is 3.94. The lowest BCUT2D eigenvalue weighted by Crippen LogP contribution is -2.14. The van der Waals surface area contributed by atoms with Gasteiger partial charge in [-0.3, -0.25) is 4.79 Å². The monoisotopic (exact) mass is 281 g/mol. The van der Waals surface area contributed by atoms with Crippen molar-refractivity contribution < 1.29 is 9.53 Å². The summed E-state index contributed by atoms with van der Waals surface area (Å²) in [6, 6.07) is 17.1. The lowest BCUT2D eigenvalue weighted by molar-refractivity contribution is -0.113. The molecule has 108 valence electrons. The van der Waals surface area contributed by atoms with E-state index in [4.69, 9.17) is 4.74 Å². The molecular formula is C18H19NO2. The molecule has 0 heterocycles. The van der Waals surface area contributed by atoms with E-state index in [0.29, 0.717) is 17.7 Å². The Hall–Kier alpha value is -2.55. The summed E-state index contributed by atoms with van der Waals surface area (Å²) in [5, 5.41) is 2.87. The van der Waals surface area contributed by atoms with Crippen LogP contribution >= 0.6 is 0 Å². The third kappa shape index (κ3) is 4.49. The van der Waals surface area contributed by atoms with Crippen molar-refractivity contribution >= 4 is 11.6 Å². The fourth-order valence-electron chi connectivity index (χ4n) is 1.78. The summed E-state index contributed by atoms with van der Waals surface area (Å²) in [7, 11) is 0. The molecular weight excluding hydrogens is 262 g/mol. The fraction of sp³-hybridized carbons (Fsp3) is 0.167. The third-order valence-corrected chi connectivity index (χ3v) is 3.06. The van der Waals surface area contributed by atoms with Crippen molar-refractivity contribution in [3.8, 4) is 5.75 Å². The molecule has 3 heteroatoms. The van der Waals surface area contributed by atoms with Gasteiger partial charge in [0.2, 0.25) is 0 Å². The highest BCUT2D eigenvalue weighted by molar-refractivity contribution is 6.03. The van der Waals surface area contributed by atoms with Crippen LogP contribution in [0.4, 0.5) is 5.69 Å². The van der Waals surface area contributed by atoms with Crippen molar-refractivity contribution in [2.45, 2.75) is 20.3 Å². The van der Waals surface area contributed by atoms with Gasteiger partial charge in [0, 0.05) is 5.69 Å². The summed E-state index contributed by atoms with van der Waals surface area (Å²) in [6.07, 6.45) is 2.11. The lowest BCUT2D eigenvalue weighted by Gasteiger charge is -2.08. The van der Waals surface area contributed by atoms with Crippen LogP contribution in [-0.2, 0) is 4.79 Å². The zero-order chi connectivity index (χ0) is 15.1. The first-order valence-corrected chi connectivity index (χ1v) is 6.98. The van der Waals surface area contributed by atoms with E-state index in [1.807, 2.05) is 68.4 Å². The minimum Gasteiger partial charge on any atom is -0.465 e. The number of hydrogen-bond acceptors (Lipinski definition) is 2. The molecule has 0 aliphatic heterocycles. The molecule has 0 bridgehead atoms. The fourth-order valence-corrected chi connectivity index (χ4v) is 1.78. The second kappa shape index (κ2) is 7.29. The molecule has 0 radical (unpaired) electrons. The van der Waals surface area contributed by atoms with Crippen molar-refractivity contribution in [2.75, 3.05) is 5.32 Å². The van der Waals surface area contributed by atoms with Crippen molar-refractivity contribution in [3.63, 3.8) is 0 Å². The van der Waals surface area contributed by atoms with E-state index in [9.17, 15) is 4.79 Å². The Kier molecular flexibility index (Phi) is 5.16. The summed E-state index contributed by atoms with van der Waals surface area (Å²) in [4.78, 5) is 12.2.